The van der Waals surface area contributed by atoms with Crippen LogP contribution in [0.3, 0.4) is 0 Å². The van der Waals surface area contributed by atoms with Gasteiger partial charge in [-0.1, -0.05) is 370 Å². The van der Waals surface area contributed by atoms with Crippen LogP contribution in [0.15, 0.2) is 60.8 Å². The Morgan fingerprint density at radius 3 is 0.978 bits per heavy atom. The second-order valence-electron chi connectivity index (χ2n) is 28.0. The summed E-state index contributed by atoms with van der Waals surface area (Å²) in [5, 5.41) is 14.0. The van der Waals surface area contributed by atoms with Gasteiger partial charge in [0.2, 0.25) is 5.91 Å². The number of aliphatic hydroxyl groups excluding tert-OH is 1. The van der Waals surface area contributed by atoms with E-state index in [1.165, 1.54) is 321 Å². The van der Waals surface area contributed by atoms with Crippen molar-refractivity contribution in [1.29, 1.82) is 0 Å². The molecule has 1 amide bonds. The molecule has 0 spiro atoms. The second-order valence-corrected chi connectivity index (χ2v) is 29.5. The summed E-state index contributed by atoms with van der Waals surface area (Å²) in [6, 6.07) is -0.912. The molecule has 3 unspecified atom stereocenters. The number of carbonyl (C=O) groups excluding carboxylic acids is 1. The summed E-state index contributed by atoms with van der Waals surface area (Å²) in [6.07, 6.45) is 98.2. The predicted molar refractivity (Wildman–Crippen MR) is 390 cm³/mol. The van der Waals surface area contributed by atoms with E-state index in [1.54, 1.807) is 6.08 Å². The van der Waals surface area contributed by atoms with E-state index < -0.39 is 26.6 Å². The number of hydrogen-bond acceptors (Lipinski definition) is 6. The Balaban J connectivity index is 4.03. The smallest absolute Gasteiger partial charge is 0.268 e. The van der Waals surface area contributed by atoms with Crippen LogP contribution in [0, 0.1) is 0 Å². The highest BCUT2D eigenvalue weighted by Crippen LogP contribution is 2.38. The van der Waals surface area contributed by atoms with Crippen LogP contribution in [0.1, 0.15) is 393 Å². The van der Waals surface area contributed by atoms with E-state index in [4.69, 9.17) is 9.05 Å². The van der Waals surface area contributed by atoms with Crippen LogP contribution in [-0.4, -0.2) is 68.5 Å². The maximum absolute atomic E-state index is 13.1. The Hall–Kier alpha value is -1.80. The zero-order valence-electron chi connectivity index (χ0n) is 60.2. The SMILES string of the molecule is CCCCCCC/C=C\C/C=C\CCCCCCCCCCCCCCCCCCCCCCCCCC(=O)NC(COP(=O)([O-])OCC[N+](C)(C)C)C(O)/C=C/CC/C=C/CC/C=C/CCCCCCCCCCCCCCCCCCCCCCCC. The fraction of sp³-hybridized carbons (Fsp3) is 0.863. The molecule has 2 N–H and O–H groups in total. The van der Waals surface area contributed by atoms with E-state index in [0.717, 1.165) is 51.4 Å². The molecular formula is C80H153N2O6P. The maximum atomic E-state index is 13.1. The Bertz CT molecular complexity index is 1640. The Kier molecular flexibility index (Phi) is 69.1. The lowest BCUT2D eigenvalue weighted by molar-refractivity contribution is -0.870. The van der Waals surface area contributed by atoms with Gasteiger partial charge in [0, 0.05) is 6.42 Å². The molecule has 0 saturated heterocycles. The van der Waals surface area contributed by atoms with Crippen molar-refractivity contribution in [2.24, 2.45) is 0 Å². The molecule has 9 heteroatoms. The number of aliphatic hydroxyl groups is 1. The largest absolute Gasteiger partial charge is 0.756 e. The number of rotatable bonds is 73. The number of carbonyl (C=O) groups is 1. The molecule has 3 atom stereocenters. The molecule has 89 heavy (non-hydrogen) atoms. The van der Waals surface area contributed by atoms with Crippen molar-refractivity contribution in [2.45, 2.75) is 405 Å². The molecule has 0 aliphatic carbocycles. The van der Waals surface area contributed by atoms with Gasteiger partial charge >= 0.3 is 0 Å². The highest BCUT2D eigenvalue weighted by Gasteiger charge is 2.23. The molecule has 524 valence electrons. The summed E-state index contributed by atoms with van der Waals surface area (Å²) in [4.78, 5) is 25.7. The third kappa shape index (κ3) is 73.5. The molecule has 0 aliphatic heterocycles. The van der Waals surface area contributed by atoms with Crippen LogP contribution in [-0.2, 0) is 18.4 Å². The Morgan fingerprint density at radius 1 is 0.393 bits per heavy atom. The first kappa shape index (κ1) is 87.2. The van der Waals surface area contributed by atoms with Gasteiger partial charge in [-0.15, -0.1) is 0 Å². The molecular weight excluding hydrogens is 1120 g/mol. The van der Waals surface area contributed by atoms with Gasteiger partial charge in [-0.3, -0.25) is 9.36 Å². The minimum absolute atomic E-state index is 0.00848. The maximum Gasteiger partial charge on any atom is 0.268 e. The number of nitrogens with zero attached hydrogens (tertiary/aromatic N) is 1. The molecule has 0 aromatic heterocycles. The first-order chi connectivity index (χ1) is 43.5. The van der Waals surface area contributed by atoms with Crippen LogP contribution in [0.5, 0.6) is 0 Å². The van der Waals surface area contributed by atoms with Crippen LogP contribution in [0.4, 0.5) is 0 Å². The summed E-state index contributed by atoms with van der Waals surface area (Å²) in [5.74, 6) is -0.204. The molecule has 0 aliphatic rings. The number of likely N-dealkylation sites (N-methyl/N-ethyl adjacent to an activating group) is 1. The minimum atomic E-state index is -4.62. The number of allylic oxidation sites excluding steroid dienone is 9. The second kappa shape index (κ2) is 70.5. The molecule has 8 nitrogen and oxygen atoms in total. The van der Waals surface area contributed by atoms with Crippen molar-refractivity contribution in [1.82, 2.24) is 5.32 Å². The van der Waals surface area contributed by atoms with Crippen molar-refractivity contribution in [3.8, 4) is 0 Å². The van der Waals surface area contributed by atoms with Gasteiger partial charge in [-0.2, -0.15) is 0 Å². The van der Waals surface area contributed by atoms with Gasteiger partial charge in [0.25, 0.3) is 7.82 Å². The highest BCUT2D eigenvalue weighted by molar-refractivity contribution is 7.45. The van der Waals surface area contributed by atoms with Crippen molar-refractivity contribution in [2.75, 3.05) is 40.9 Å². The number of amides is 1. The van der Waals surface area contributed by atoms with Gasteiger partial charge < -0.3 is 28.8 Å². The van der Waals surface area contributed by atoms with Gasteiger partial charge in [-0.25, -0.2) is 0 Å². The molecule has 0 fully saturated rings. The number of phosphoric ester groups is 1. The van der Waals surface area contributed by atoms with E-state index in [-0.39, 0.29) is 12.5 Å². The Morgan fingerprint density at radius 2 is 0.663 bits per heavy atom. The lowest BCUT2D eigenvalue weighted by Crippen LogP contribution is -2.45. The van der Waals surface area contributed by atoms with Gasteiger partial charge in [0.1, 0.15) is 13.2 Å². The molecule has 0 saturated carbocycles. The normalized spacial score (nSPS) is 13.8. The Labute approximate surface area is 555 Å². The number of phosphoric acid groups is 1. The minimum Gasteiger partial charge on any atom is -0.756 e. The third-order valence-electron chi connectivity index (χ3n) is 17.9. The number of quaternary nitrogens is 1. The van der Waals surface area contributed by atoms with Crippen LogP contribution >= 0.6 is 7.82 Å². The van der Waals surface area contributed by atoms with Crippen LogP contribution in [0.2, 0.25) is 0 Å². The number of unbranched alkanes of at least 4 members (excludes halogenated alkanes) is 52. The van der Waals surface area contributed by atoms with Gasteiger partial charge in [0.15, 0.2) is 0 Å². The van der Waals surface area contributed by atoms with E-state index in [1.807, 2.05) is 27.2 Å². The lowest BCUT2D eigenvalue weighted by Gasteiger charge is -2.29. The standard InChI is InChI=1S/C80H153N2O6P/c1-6-8-10-12-14-16-18-20-22-24-26-28-30-32-34-36-38-40-41-42-44-46-48-50-52-54-56-58-60-62-64-66-68-70-72-74-80(84)81-78(77-88-89(85,86)87-76-75-82(3,4)5)79(83)73-71-69-67-65-63-61-59-57-55-53-51-49-47-45-43-39-37-35-33-31-29-27-25-23-21-19-17-15-13-11-9-7-2/h18,20,24,26,55,57,63,65,71,73,78-79,83H,6-17,19,21-23,25,27-54,56,58-62,64,66-70,72,74-77H2,1-5H3,(H-,81,84,85,86)/b20-18-,26-24-,57-55+,65-63+,73-71+. The number of nitrogens with one attached hydrogen (secondary N) is 1. The monoisotopic (exact) mass is 1270 g/mol. The van der Waals surface area contributed by atoms with Crippen molar-refractivity contribution in [3.05, 3.63) is 60.8 Å². The van der Waals surface area contributed by atoms with Gasteiger partial charge in [-0.05, 0) is 77.0 Å². The zero-order chi connectivity index (χ0) is 64.8. The van der Waals surface area contributed by atoms with E-state index in [2.05, 4.69) is 67.8 Å². The van der Waals surface area contributed by atoms with E-state index in [9.17, 15) is 19.4 Å². The van der Waals surface area contributed by atoms with Crippen molar-refractivity contribution in [3.63, 3.8) is 0 Å². The highest BCUT2D eigenvalue weighted by atomic mass is 31.2. The average Bonchev–Trinajstić information content (AvgIpc) is 3.64. The van der Waals surface area contributed by atoms with E-state index in [0.29, 0.717) is 17.4 Å². The molecule has 0 heterocycles. The lowest BCUT2D eigenvalue weighted by atomic mass is 10.0. The fourth-order valence-electron chi connectivity index (χ4n) is 11.9. The third-order valence-corrected chi connectivity index (χ3v) is 18.9. The van der Waals surface area contributed by atoms with Gasteiger partial charge in [0.05, 0.1) is 39.9 Å². The van der Waals surface area contributed by atoms with E-state index >= 15 is 0 Å². The first-order valence-corrected chi connectivity index (χ1v) is 40.6. The molecule has 0 rings (SSSR count). The molecule has 0 aromatic carbocycles. The topological polar surface area (TPSA) is 108 Å². The summed E-state index contributed by atoms with van der Waals surface area (Å²) in [6.45, 7) is 4.67. The zero-order valence-corrected chi connectivity index (χ0v) is 61.0. The first-order valence-electron chi connectivity index (χ1n) is 39.2. The fourth-order valence-corrected chi connectivity index (χ4v) is 12.6. The average molecular weight is 1270 g/mol. The number of hydrogen-bond donors (Lipinski definition) is 2. The predicted octanol–water partition coefficient (Wildman–Crippen LogP) is 24.9. The van der Waals surface area contributed by atoms with Crippen LogP contribution < -0.4 is 10.2 Å². The molecule has 0 radical (unpaired) electrons. The van der Waals surface area contributed by atoms with Crippen LogP contribution in [0.25, 0.3) is 0 Å². The van der Waals surface area contributed by atoms with Crippen molar-refractivity contribution < 1.29 is 32.9 Å². The van der Waals surface area contributed by atoms with Crippen molar-refractivity contribution >= 4 is 13.7 Å². The summed E-state index contributed by atoms with van der Waals surface area (Å²) < 4.78 is 23.5. The quantitative estimate of drug-likeness (QED) is 0.0272. The molecule has 0 aromatic rings. The summed E-state index contributed by atoms with van der Waals surface area (Å²) in [5.41, 5.74) is 0. The molecule has 0 bridgehead atoms. The summed E-state index contributed by atoms with van der Waals surface area (Å²) in [7, 11) is 1.25. The summed E-state index contributed by atoms with van der Waals surface area (Å²) >= 11 is 0.